The maximum absolute atomic E-state index is 8.74. The minimum Gasteiger partial charge on any atom is -1.00 e. The summed E-state index contributed by atoms with van der Waals surface area (Å²) in [6.45, 7) is 0. The largest absolute Gasteiger partial charge is 2.00 e. The van der Waals surface area contributed by atoms with Gasteiger partial charge in [0.15, 0.2) is 0 Å². The topological polar surface area (TPSA) is 74.6 Å². The summed E-state index contributed by atoms with van der Waals surface area (Å²) in [5, 5.41) is 0. The zero-order valence-electron chi connectivity index (χ0n) is 5.13. The van der Waals surface area contributed by atoms with Crippen LogP contribution in [0.2, 0.25) is 0 Å². The van der Waals surface area contributed by atoms with Gasteiger partial charge in [-0.05, 0) is 0 Å². The van der Waals surface area contributed by atoms with E-state index < -0.39 is 10.4 Å². The van der Waals surface area contributed by atoms with E-state index in [2.05, 4.69) is 0 Å². The Morgan fingerprint density at radius 2 is 1.29 bits per heavy atom. The van der Waals surface area contributed by atoms with E-state index in [-0.39, 0.29) is 43.0 Å². The summed E-state index contributed by atoms with van der Waals surface area (Å²) < 4.78 is 31.6. The molecule has 0 aromatic rings. The van der Waals surface area contributed by atoms with Crippen LogP contribution in [0.3, 0.4) is 0 Å². The minimum absolute atomic E-state index is 0. The molecule has 0 aliphatic heterocycles. The predicted octanol–water partition coefficient (Wildman–Crippen LogP) is -0.811. The fourth-order valence-electron chi connectivity index (χ4n) is 0. The Kier molecular flexibility index (Phi) is 11.9. The van der Waals surface area contributed by atoms with Gasteiger partial charge in [0.2, 0.25) is 0 Å². The van der Waals surface area contributed by atoms with E-state index in [0.717, 1.165) is 0 Å². The molecule has 0 aromatic heterocycles. The first-order valence-corrected chi connectivity index (χ1v) is 2.10. The fourth-order valence-corrected chi connectivity index (χ4v) is 0. The van der Waals surface area contributed by atoms with E-state index in [1.807, 2.05) is 0 Å². The van der Waals surface area contributed by atoms with Gasteiger partial charge in [-0.25, -0.2) is 0 Å². The molecule has 0 saturated carbocycles. The molecule has 2 N–H and O–H groups in total. The van der Waals surface area contributed by atoms with Crippen LogP contribution in [0.15, 0.2) is 0 Å². The summed E-state index contributed by atoms with van der Waals surface area (Å²) in [6.07, 6.45) is 0. The molecule has 0 atom stereocenters. The van der Waals surface area contributed by atoms with Gasteiger partial charge in [0.25, 0.3) is 0 Å². The van der Waals surface area contributed by atoms with Crippen LogP contribution in [0.25, 0.3) is 0 Å². The van der Waals surface area contributed by atoms with Gasteiger partial charge in [-0.1, -0.05) is 0 Å². The van der Waals surface area contributed by atoms with Gasteiger partial charge < -0.3 is 2.85 Å². The zero-order chi connectivity index (χ0) is 4.50. The molecule has 0 bridgehead atoms. The molecule has 0 aliphatic rings. The van der Waals surface area contributed by atoms with Crippen LogP contribution in [0.5, 0.6) is 0 Å². The molecule has 4 nitrogen and oxygen atoms in total. The van der Waals surface area contributed by atoms with Crippen LogP contribution in [-0.2, 0) is 27.5 Å². The predicted molar refractivity (Wildman–Crippen MR) is 22.2 cm³/mol. The molecule has 0 heterocycles. The van der Waals surface area contributed by atoms with Crippen molar-refractivity contribution in [2.75, 3.05) is 0 Å². The molecule has 0 spiro atoms. The third-order valence-electron chi connectivity index (χ3n) is 0. The number of hydrogen-bond donors (Lipinski definition) is 2. The van der Waals surface area contributed by atoms with Gasteiger partial charge in [0.05, 0.1) is 0 Å². The Morgan fingerprint density at radius 1 is 1.29 bits per heavy atom. The first-order chi connectivity index (χ1) is 2.00. The van der Waals surface area contributed by atoms with E-state index in [0.29, 0.717) is 0 Å². The molecule has 0 rings (SSSR count). The Balaban J connectivity index is -0.0000000133. The summed E-state index contributed by atoms with van der Waals surface area (Å²) in [4.78, 5) is 0. The SMILES string of the molecule is O=S(=O)(O)O.[Cu].[H-].[H-].[Mg+2]. The van der Waals surface area contributed by atoms with Gasteiger partial charge in [0.1, 0.15) is 0 Å². The van der Waals surface area contributed by atoms with Crippen molar-refractivity contribution in [2.45, 2.75) is 0 Å². The van der Waals surface area contributed by atoms with E-state index in [1.54, 1.807) is 0 Å². The quantitative estimate of drug-likeness (QED) is 0.385. The van der Waals surface area contributed by atoms with Crippen molar-refractivity contribution in [3.05, 3.63) is 0 Å². The normalized spacial score (nSPS) is 8.29. The van der Waals surface area contributed by atoms with Crippen molar-refractivity contribution >= 4 is 33.5 Å². The monoisotopic (exact) mass is 187 g/mol. The minimum atomic E-state index is -4.67. The standard InChI is InChI=1S/Cu.Mg.H2O4S.2H/c;;1-5(2,3)4;;/h;;(H2,1,2,3,4);;/q;+2;;2*-1. The van der Waals surface area contributed by atoms with Gasteiger partial charge in [-0.2, -0.15) is 8.42 Å². The van der Waals surface area contributed by atoms with Gasteiger partial charge in [-0.15, -0.1) is 0 Å². The Labute approximate surface area is 70.8 Å². The van der Waals surface area contributed by atoms with E-state index >= 15 is 0 Å². The van der Waals surface area contributed by atoms with E-state index in [1.165, 1.54) is 0 Å². The molecule has 0 aromatic carbocycles. The van der Waals surface area contributed by atoms with Gasteiger partial charge in [-0.3, -0.25) is 9.11 Å². The molecule has 0 saturated heterocycles. The van der Waals surface area contributed by atoms with Crippen LogP contribution in [0, 0.1) is 0 Å². The Bertz CT molecular complexity index is 102. The second-order valence-corrected chi connectivity index (χ2v) is 1.34. The molecule has 47 valence electrons. The van der Waals surface area contributed by atoms with Crippen LogP contribution in [0.1, 0.15) is 2.85 Å². The molecular weight excluding hydrogens is 184 g/mol. The maximum Gasteiger partial charge on any atom is 2.00 e. The summed E-state index contributed by atoms with van der Waals surface area (Å²) in [5.74, 6) is 0. The molecule has 0 unspecified atom stereocenters. The van der Waals surface area contributed by atoms with Gasteiger partial charge >= 0.3 is 33.5 Å². The summed E-state index contributed by atoms with van der Waals surface area (Å²) in [6, 6.07) is 0. The molecule has 1 radical (unpaired) electrons. The van der Waals surface area contributed by atoms with Crippen molar-refractivity contribution in [3.63, 3.8) is 0 Å². The molecule has 7 heteroatoms. The van der Waals surface area contributed by atoms with Crippen LogP contribution >= 0.6 is 0 Å². The Morgan fingerprint density at radius 3 is 1.29 bits per heavy atom. The maximum atomic E-state index is 8.74. The van der Waals surface area contributed by atoms with Crippen molar-refractivity contribution in [3.8, 4) is 0 Å². The summed E-state index contributed by atoms with van der Waals surface area (Å²) in [7, 11) is -4.67. The van der Waals surface area contributed by atoms with Crippen molar-refractivity contribution in [1.82, 2.24) is 0 Å². The van der Waals surface area contributed by atoms with Crippen molar-refractivity contribution in [1.29, 1.82) is 0 Å². The van der Waals surface area contributed by atoms with Crippen molar-refractivity contribution < 1.29 is 37.4 Å². The van der Waals surface area contributed by atoms with Crippen LogP contribution < -0.4 is 0 Å². The number of hydrogen-bond acceptors (Lipinski definition) is 2. The average Bonchev–Trinajstić information content (AvgIpc) is 0.722. The second kappa shape index (κ2) is 5.30. The van der Waals surface area contributed by atoms with Crippen LogP contribution in [-0.4, -0.2) is 40.6 Å². The first kappa shape index (κ1) is 15.7. The summed E-state index contributed by atoms with van der Waals surface area (Å²) >= 11 is 0. The first-order valence-electron chi connectivity index (χ1n) is 0.698. The molecule has 0 fully saturated rings. The average molecular weight is 188 g/mol. The van der Waals surface area contributed by atoms with Crippen molar-refractivity contribution in [2.24, 2.45) is 0 Å². The number of rotatable bonds is 0. The molecule has 0 aliphatic carbocycles. The van der Waals surface area contributed by atoms with Gasteiger partial charge in [0, 0.05) is 17.1 Å². The molecule has 0 amide bonds. The third kappa shape index (κ3) is 142. The second-order valence-electron chi connectivity index (χ2n) is 0.448. The molecule has 7 heavy (non-hydrogen) atoms. The van der Waals surface area contributed by atoms with Crippen LogP contribution in [0.4, 0.5) is 0 Å². The fraction of sp³-hybridized carbons (Fsp3) is 0. The van der Waals surface area contributed by atoms with E-state index in [4.69, 9.17) is 17.5 Å². The zero-order valence-corrected chi connectivity index (χ0v) is 6.30. The third-order valence-corrected chi connectivity index (χ3v) is 0. The molecular formula is H4CuMgO4S. The Hall–Kier alpha value is 1.16. The van der Waals surface area contributed by atoms with E-state index in [9.17, 15) is 0 Å². The smallest absolute Gasteiger partial charge is 1.00 e. The summed E-state index contributed by atoms with van der Waals surface area (Å²) in [5.41, 5.74) is 0.